The molecule has 30 heavy (non-hydrogen) atoms. The lowest BCUT2D eigenvalue weighted by atomic mass is 10.1. The van der Waals surface area contributed by atoms with Gasteiger partial charge < -0.3 is 4.74 Å². The van der Waals surface area contributed by atoms with Gasteiger partial charge in [-0.2, -0.15) is 5.10 Å². The lowest BCUT2D eigenvalue weighted by Gasteiger charge is -2.17. The van der Waals surface area contributed by atoms with E-state index in [1.165, 1.54) is 11.8 Å². The summed E-state index contributed by atoms with van der Waals surface area (Å²) in [7, 11) is 1.63. The van der Waals surface area contributed by atoms with E-state index in [2.05, 4.69) is 52.1 Å². The number of methoxy groups -OCH3 is 1. The summed E-state index contributed by atoms with van der Waals surface area (Å²) in [6.45, 7) is 4.71. The van der Waals surface area contributed by atoms with Crippen molar-refractivity contribution in [3.63, 3.8) is 0 Å². The van der Waals surface area contributed by atoms with Gasteiger partial charge in [0.15, 0.2) is 5.17 Å². The number of carbonyl (C=O) groups is 1. The molecule has 0 radical (unpaired) electrons. The molecular formula is C23H26BrN3O2S. The quantitative estimate of drug-likeness (QED) is 0.349. The Hall–Kier alpha value is -2.12. The fourth-order valence-corrected chi connectivity index (χ4v) is 4.73. The molecule has 0 saturated carbocycles. The highest BCUT2D eigenvalue weighted by Crippen LogP contribution is 2.32. The van der Waals surface area contributed by atoms with Gasteiger partial charge in [0.05, 0.1) is 25.1 Å². The van der Waals surface area contributed by atoms with Crippen molar-refractivity contribution in [3.8, 4) is 5.75 Å². The average molecular weight is 488 g/mol. The second-order valence-corrected chi connectivity index (χ2v) is 9.20. The Labute approximate surface area is 190 Å². The summed E-state index contributed by atoms with van der Waals surface area (Å²) >= 11 is 4.98. The fourth-order valence-electron chi connectivity index (χ4n) is 3.21. The van der Waals surface area contributed by atoms with E-state index in [0.717, 1.165) is 46.2 Å². The molecule has 1 saturated heterocycles. The van der Waals surface area contributed by atoms with Crippen LogP contribution in [0.25, 0.3) is 0 Å². The second-order valence-electron chi connectivity index (χ2n) is 7.11. The van der Waals surface area contributed by atoms with E-state index in [0.29, 0.717) is 11.7 Å². The molecular weight excluding hydrogens is 462 g/mol. The molecule has 1 amide bonds. The van der Waals surface area contributed by atoms with Crippen molar-refractivity contribution in [3.05, 3.63) is 63.6 Å². The van der Waals surface area contributed by atoms with E-state index in [1.54, 1.807) is 18.2 Å². The Bertz CT molecular complexity index is 961. The highest BCUT2D eigenvalue weighted by atomic mass is 79.9. The first-order chi connectivity index (χ1) is 14.5. The molecule has 0 aromatic heterocycles. The van der Waals surface area contributed by atoms with Crippen molar-refractivity contribution in [1.82, 2.24) is 4.90 Å². The SMILES string of the molecule is CCCC[C@H]1S/C(=N/N=C\c2cc(Br)ccc2OC)N(Cc2ccccc2C)C1=O. The van der Waals surface area contributed by atoms with Gasteiger partial charge in [-0.3, -0.25) is 9.69 Å². The third-order valence-electron chi connectivity index (χ3n) is 4.96. The molecule has 0 spiro atoms. The van der Waals surface area contributed by atoms with E-state index in [9.17, 15) is 4.79 Å². The molecule has 2 aromatic carbocycles. The Morgan fingerprint density at radius 2 is 2.07 bits per heavy atom. The zero-order valence-electron chi connectivity index (χ0n) is 17.5. The topological polar surface area (TPSA) is 54.3 Å². The summed E-state index contributed by atoms with van der Waals surface area (Å²) in [5, 5.41) is 9.26. The molecule has 0 bridgehead atoms. The number of aryl methyl sites for hydroxylation is 1. The van der Waals surface area contributed by atoms with Gasteiger partial charge in [-0.05, 0) is 42.7 Å². The van der Waals surface area contributed by atoms with Crippen LogP contribution in [-0.2, 0) is 11.3 Å². The summed E-state index contributed by atoms with van der Waals surface area (Å²) in [4.78, 5) is 14.8. The number of halogens is 1. The Morgan fingerprint density at radius 3 is 2.80 bits per heavy atom. The standard InChI is InChI=1S/C23H26BrN3O2S/c1-4-5-10-21-22(28)27(15-17-9-7-6-8-16(17)2)23(30-21)26-25-14-18-13-19(24)11-12-20(18)29-3/h6-9,11-14,21H,4-5,10,15H2,1-3H3/b25-14-,26-23+/t21-/m1/s1. The maximum absolute atomic E-state index is 13.1. The fraction of sp³-hybridized carbons (Fsp3) is 0.348. The number of rotatable bonds is 8. The number of amides is 1. The average Bonchev–Trinajstić information content (AvgIpc) is 3.03. The molecule has 5 nitrogen and oxygen atoms in total. The van der Waals surface area contributed by atoms with E-state index >= 15 is 0 Å². The summed E-state index contributed by atoms with van der Waals surface area (Å²) in [6.07, 6.45) is 4.60. The minimum absolute atomic E-state index is 0.0941. The molecule has 7 heteroatoms. The third-order valence-corrected chi connectivity index (χ3v) is 6.69. The molecule has 2 aromatic rings. The first-order valence-corrected chi connectivity index (χ1v) is 11.7. The minimum atomic E-state index is -0.0941. The van der Waals surface area contributed by atoms with Crippen LogP contribution < -0.4 is 4.74 Å². The number of thioether (sulfide) groups is 1. The number of benzene rings is 2. The predicted molar refractivity (Wildman–Crippen MR) is 128 cm³/mol. The first-order valence-electron chi connectivity index (χ1n) is 10.0. The van der Waals surface area contributed by atoms with Crippen LogP contribution in [0.4, 0.5) is 0 Å². The van der Waals surface area contributed by atoms with Crippen molar-refractivity contribution in [2.75, 3.05) is 7.11 Å². The number of nitrogens with zero attached hydrogens (tertiary/aromatic N) is 3. The van der Waals surface area contributed by atoms with Crippen LogP contribution in [0.2, 0.25) is 0 Å². The van der Waals surface area contributed by atoms with E-state index in [-0.39, 0.29) is 11.2 Å². The van der Waals surface area contributed by atoms with Crippen molar-refractivity contribution >= 4 is 45.0 Å². The number of hydrogen-bond donors (Lipinski definition) is 0. The zero-order chi connectivity index (χ0) is 21.5. The van der Waals surface area contributed by atoms with Crippen molar-refractivity contribution in [2.45, 2.75) is 44.9 Å². The smallest absolute Gasteiger partial charge is 0.242 e. The Morgan fingerprint density at radius 1 is 1.27 bits per heavy atom. The number of ether oxygens (including phenoxy) is 1. The molecule has 3 rings (SSSR count). The predicted octanol–water partition coefficient (Wildman–Crippen LogP) is 5.79. The Balaban J connectivity index is 1.86. The van der Waals surface area contributed by atoms with Crippen LogP contribution in [-0.4, -0.2) is 34.5 Å². The molecule has 158 valence electrons. The Kier molecular flexibility index (Phi) is 8.10. The molecule has 0 unspecified atom stereocenters. The van der Waals surface area contributed by atoms with Crippen LogP contribution in [0.5, 0.6) is 5.75 Å². The largest absolute Gasteiger partial charge is 0.496 e. The summed E-state index contributed by atoms with van der Waals surface area (Å²) in [5.41, 5.74) is 3.10. The van der Waals surface area contributed by atoms with Gasteiger partial charge in [-0.25, -0.2) is 0 Å². The maximum atomic E-state index is 13.1. The molecule has 0 aliphatic carbocycles. The number of amidine groups is 1. The highest BCUT2D eigenvalue weighted by molar-refractivity contribution is 9.10. The molecule has 1 aliphatic heterocycles. The highest BCUT2D eigenvalue weighted by Gasteiger charge is 2.37. The third kappa shape index (κ3) is 5.52. The first kappa shape index (κ1) is 22.6. The molecule has 0 N–H and O–H groups in total. The molecule has 1 fully saturated rings. The van der Waals surface area contributed by atoms with Gasteiger partial charge in [0.2, 0.25) is 5.91 Å². The van der Waals surface area contributed by atoms with Crippen molar-refractivity contribution < 1.29 is 9.53 Å². The maximum Gasteiger partial charge on any atom is 0.242 e. The van der Waals surface area contributed by atoms with Crippen LogP contribution in [0.1, 0.15) is 42.9 Å². The lowest BCUT2D eigenvalue weighted by molar-refractivity contribution is -0.126. The lowest BCUT2D eigenvalue weighted by Crippen LogP contribution is -2.31. The number of carbonyl (C=O) groups excluding carboxylic acids is 1. The zero-order valence-corrected chi connectivity index (χ0v) is 19.9. The van der Waals surface area contributed by atoms with Crippen molar-refractivity contribution in [1.29, 1.82) is 0 Å². The molecule has 1 atom stereocenters. The van der Waals surface area contributed by atoms with Crippen LogP contribution in [0.3, 0.4) is 0 Å². The van der Waals surface area contributed by atoms with Crippen LogP contribution in [0, 0.1) is 6.92 Å². The van der Waals surface area contributed by atoms with E-state index in [1.807, 2.05) is 30.3 Å². The summed E-state index contributed by atoms with van der Waals surface area (Å²) in [6, 6.07) is 13.8. The molecule has 1 heterocycles. The van der Waals surface area contributed by atoms with Gasteiger partial charge in [-0.1, -0.05) is 71.7 Å². The van der Waals surface area contributed by atoms with Gasteiger partial charge in [0.1, 0.15) is 5.75 Å². The minimum Gasteiger partial charge on any atom is -0.496 e. The molecule has 1 aliphatic rings. The number of hydrogen-bond acceptors (Lipinski definition) is 5. The van der Waals surface area contributed by atoms with E-state index < -0.39 is 0 Å². The summed E-state index contributed by atoms with van der Waals surface area (Å²) < 4.78 is 6.32. The van der Waals surface area contributed by atoms with Gasteiger partial charge in [0, 0.05) is 10.0 Å². The van der Waals surface area contributed by atoms with Gasteiger partial charge in [0.25, 0.3) is 0 Å². The van der Waals surface area contributed by atoms with Crippen molar-refractivity contribution in [2.24, 2.45) is 10.2 Å². The monoisotopic (exact) mass is 487 g/mol. The summed E-state index contributed by atoms with van der Waals surface area (Å²) in [5.74, 6) is 0.834. The number of unbranched alkanes of at least 4 members (excludes halogenated alkanes) is 1. The van der Waals surface area contributed by atoms with Crippen LogP contribution in [0.15, 0.2) is 57.1 Å². The van der Waals surface area contributed by atoms with Crippen LogP contribution >= 0.6 is 27.7 Å². The van der Waals surface area contributed by atoms with Gasteiger partial charge in [-0.15, -0.1) is 5.10 Å². The van der Waals surface area contributed by atoms with E-state index in [4.69, 9.17) is 4.74 Å². The normalized spacial score (nSPS) is 18.0. The second kappa shape index (κ2) is 10.8. The van der Waals surface area contributed by atoms with Gasteiger partial charge >= 0.3 is 0 Å².